The maximum absolute atomic E-state index is 12.3. The van der Waals surface area contributed by atoms with E-state index in [1.807, 2.05) is 48.9 Å². The van der Waals surface area contributed by atoms with Crippen molar-refractivity contribution in [3.8, 4) is 5.75 Å². The first kappa shape index (κ1) is 20.5. The number of carbonyl (C=O) groups is 1. The van der Waals surface area contributed by atoms with Gasteiger partial charge in [0.05, 0.1) is 5.75 Å². The zero-order chi connectivity index (χ0) is 20.9. The Morgan fingerprint density at radius 1 is 1.13 bits per heavy atom. The molecule has 0 atom stereocenters. The second-order valence-electron chi connectivity index (χ2n) is 7.54. The molecule has 1 amide bonds. The van der Waals surface area contributed by atoms with Gasteiger partial charge >= 0.3 is 0 Å². The van der Waals surface area contributed by atoms with Crippen molar-refractivity contribution in [1.29, 1.82) is 0 Å². The Morgan fingerprint density at radius 3 is 2.77 bits per heavy atom. The third kappa shape index (κ3) is 4.84. The number of aryl methyl sites for hydroxylation is 3. The van der Waals surface area contributed by atoms with Gasteiger partial charge in [0, 0.05) is 12.7 Å². The number of hydrogen-bond donors (Lipinski definition) is 1. The zero-order valence-corrected chi connectivity index (χ0v) is 18.2. The Kier molecular flexibility index (Phi) is 6.38. The number of aromatic nitrogens is 3. The van der Waals surface area contributed by atoms with Crippen LogP contribution in [0.1, 0.15) is 35.4 Å². The molecule has 2 aromatic carbocycles. The van der Waals surface area contributed by atoms with Crippen molar-refractivity contribution in [3.05, 3.63) is 65.0 Å². The summed E-state index contributed by atoms with van der Waals surface area (Å²) in [4.78, 5) is 12.3. The summed E-state index contributed by atoms with van der Waals surface area (Å²) in [7, 11) is 1.90. The molecule has 3 aromatic rings. The van der Waals surface area contributed by atoms with Gasteiger partial charge in [0.15, 0.2) is 11.0 Å². The van der Waals surface area contributed by atoms with Crippen LogP contribution in [-0.4, -0.2) is 26.4 Å². The first-order chi connectivity index (χ1) is 14.6. The predicted molar refractivity (Wildman–Crippen MR) is 119 cm³/mol. The molecular weight excluding hydrogens is 396 g/mol. The maximum Gasteiger partial charge on any atom is 0.234 e. The van der Waals surface area contributed by atoms with Gasteiger partial charge in [-0.05, 0) is 67.5 Å². The van der Waals surface area contributed by atoms with E-state index in [1.54, 1.807) is 0 Å². The predicted octanol–water partition coefficient (Wildman–Crippen LogP) is 4.31. The second-order valence-corrected chi connectivity index (χ2v) is 8.48. The Hall–Kier alpha value is -2.80. The van der Waals surface area contributed by atoms with Crippen LogP contribution >= 0.6 is 11.8 Å². The van der Waals surface area contributed by atoms with Crippen molar-refractivity contribution in [2.45, 2.75) is 44.4 Å². The van der Waals surface area contributed by atoms with Gasteiger partial charge in [0.25, 0.3) is 0 Å². The molecule has 1 aliphatic carbocycles. The molecular formula is C23H26N4O2S. The van der Waals surface area contributed by atoms with Gasteiger partial charge in [-0.1, -0.05) is 36.0 Å². The van der Waals surface area contributed by atoms with E-state index in [0.29, 0.717) is 11.8 Å². The summed E-state index contributed by atoms with van der Waals surface area (Å²) in [5, 5.41) is 12.1. The molecule has 0 unspecified atom stereocenters. The minimum absolute atomic E-state index is 0.0656. The number of carbonyl (C=O) groups excluding carboxylic acids is 1. The molecule has 0 saturated carbocycles. The van der Waals surface area contributed by atoms with E-state index >= 15 is 0 Å². The summed E-state index contributed by atoms with van der Waals surface area (Å²) in [6, 6.07) is 14.1. The number of fused-ring (bicyclic) bond motifs is 1. The van der Waals surface area contributed by atoms with Gasteiger partial charge < -0.3 is 14.6 Å². The molecule has 156 valence electrons. The lowest BCUT2D eigenvalue weighted by atomic mass is 9.92. The van der Waals surface area contributed by atoms with Crippen LogP contribution in [0.3, 0.4) is 0 Å². The van der Waals surface area contributed by atoms with Crippen molar-refractivity contribution in [3.63, 3.8) is 0 Å². The molecule has 6 nitrogen and oxygen atoms in total. The Bertz CT molecular complexity index is 1050. The summed E-state index contributed by atoms with van der Waals surface area (Å²) in [6.07, 6.45) is 4.81. The average molecular weight is 423 g/mol. The van der Waals surface area contributed by atoms with Crippen LogP contribution < -0.4 is 10.1 Å². The van der Waals surface area contributed by atoms with Gasteiger partial charge in [-0.15, -0.1) is 10.2 Å². The number of ether oxygens (including phenoxy) is 1. The highest BCUT2D eigenvalue weighted by molar-refractivity contribution is 7.99. The first-order valence-electron chi connectivity index (χ1n) is 10.2. The Labute approximate surface area is 181 Å². The lowest BCUT2D eigenvalue weighted by Gasteiger charge is -2.16. The van der Waals surface area contributed by atoms with Crippen molar-refractivity contribution >= 4 is 23.4 Å². The van der Waals surface area contributed by atoms with Crippen LogP contribution in [0, 0.1) is 6.92 Å². The fraction of sp³-hybridized carbons (Fsp3) is 0.348. The summed E-state index contributed by atoms with van der Waals surface area (Å²) in [5.74, 6) is 1.80. The fourth-order valence-electron chi connectivity index (χ4n) is 3.57. The molecule has 1 heterocycles. The normalized spacial score (nSPS) is 13.0. The lowest BCUT2D eigenvalue weighted by molar-refractivity contribution is -0.113. The highest BCUT2D eigenvalue weighted by Gasteiger charge is 2.14. The van der Waals surface area contributed by atoms with E-state index in [0.717, 1.165) is 35.7 Å². The molecule has 0 radical (unpaired) electrons. The van der Waals surface area contributed by atoms with E-state index < -0.39 is 0 Å². The quantitative estimate of drug-likeness (QED) is 0.575. The van der Waals surface area contributed by atoms with Crippen LogP contribution in [0.5, 0.6) is 5.75 Å². The van der Waals surface area contributed by atoms with Gasteiger partial charge in [0.1, 0.15) is 12.4 Å². The van der Waals surface area contributed by atoms with Crippen LogP contribution in [0.25, 0.3) is 0 Å². The lowest BCUT2D eigenvalue weighted by Crippen LogP contribution is -2.15. The Balaban J connectivity index is 1.31. The molecule has 1 N–H and O–H groups in total. The van der Waals surface area contributed by atoms with Gasteiger partial charge in [-0.25, -0.2) is 0 Å². The number of nitrogens with one attached hydrogen (secondary N) is 1. The van der Waals surface area contributed by atoms with Crippen molar-refractivity contribution in [2.75, 3.05) is 11.1 Å². The topological polar surface area (TPSA) is 69.0 Å². The number of para-hydroxylation sites is 1. The molecule has 0 saturated heterocycles. The molecule has 0 aliphatic heterocycles. The van der Waals surface area contributed by atoms with Crippen LogP contribution in [0.2, 0.25) is 0 Å². The van der Waals surface area contributed by atoms with Crippen LogP contribution in [-0.2, 0) is 31.3 Å². The zero-order valence-electron chi connectivity index (χ0n) is 17.4. The average Bonchev–Trinajstić information content (AvgIpc) is 3.11. The third-order valence-corrected chi connectivity index (χ3v) is 6.38. The largest absolute Gasteiger partial charge is 0.486 e. The van der Waals surface area contributed by atoms with Crippen LogP contribution in [0.15, 0.2) is 47.6 Å². The Morgan fingerprint density at radius 2 is 1.93 bits per heavy atom. The standard InChI is InChI=1S/C23H26N4O2S/c1-16-7-3-6-10-20(16)24-22(28)15-30-23-26-25-21(27(23)2)14-29-19-12-11-17-8-4-5-9-18(17)13-19/h3,6-7,10-13H,4-5,8-9,14-15H2,1-2H3,(H,24,28). The highest BCUT2D eigenvalue weighted by Crippen LogP contribution is 2.26. The van der Waals surface area contributed by atoms with E-state index in [-0.39, 0.29) is 11.7 Å². The number of hydrogen-bond acceptors (Lipinski definition) is 5. The number of amides is 1. The minimum Gasteiger partial charge on any atom is -0.486 e. The number of nitrogens with zero attached hydrogens (tertiary/aromatic N) is 3. The van der Waals surface area contributed by atoms with Crippen molar-refractivity contribution in [2.24, 2.45) is 7.05 Å². The first-order valence-corrected chi connectivity index (χ1v) is 11.2. The van der Waals surface area contributed by atoms with Crippen molar-refractivity contribution < 1.29 is 9.53 Å². The minimum atomic E-state index is -0.0656. The molecule has 0 spiro atoms. The van der Waals surface area contributed by atoms with Gasteiger partial charge in [0.2, 0.25) is 5.91 Å². The summed E-state index contributed by atoms with van der Waals surface area (Å²) in [5.41, 5.74) is 4.71. The van der Waals surface area contributed by atoms with E-state index in [9.17, 15) is 4.79 Å². The second kappa shape index (κ2) is 9.34. The fourth-order valence-corrected chi connectivity index (χ4v) is 4.30. The van der Waals surface area contributed by atoms with E-state index in [2.05, 4.69) is 27.6 Å². The summed E-state index contributed by atoms with van der Waals surface area (Å²) < 4.78 is 7.84. The smallest absolute Gasteiger partial charge is 0.234 e. The monoisotopic (exact) mass is 422 g/mol. The molecule has 0 bridgehead atoms. The number of anilines is 1. The van der Waals surface area contributed by atoms with E-state index in [1.165, 1.54) is 35.7 Å². The molecule has 0 fully saturated rings. The molecule has 7 heteroatoms. The molecule has 4 rings (SSSR count). The summed E-state index contributed by atoms with van der Waals surface area (Å²) in [6.45, 7) is 2.32. The maximum atomic E-state index is 12.3. The highest BCUT2D eigenvalue weighted by atomic mass is 32.2. The van der Waals surface area contributed by atoms with Gasteiger partial charge in [-0.3, -0.25) is 4.79 Å². The number of benzene rings is 2. The van der Waals surface area contributed by atoms with Gasteiger partial charge in [-0.2, -0.15) is 0 Å². The van der Waals surface area contributed by atoms with E-state index in [4.69, 9.17) is 4.74 Å². The summed E-state index contributed by atoms with van der Waals surface area (Å²) >= 11 is 1.36. The number of thioether (sulfide) groups is 1. The third-order valence-electron chi connectivity index (χ3n) is 5.36. The molecule has 1 aliphatic rings. The number of rotatable bonds is 7. The van der Waals surface area contributed by atoms with Crippen LogP contribution in [0.4, 0.5) is 5.69 Å². The SMILES string of the molecule is Cc1ccccc1NC(=O)CSc1nnc(COc2ccc3c(c2)CCCC3)n1C. The molecule has 30 heavy (non-hydrogen) atoms. The molecule has 1 aromatic heterocycles. The van der Waals surface area contributed by atoms with Crippen molar-refractivity contribution in [1.82, 2.24) is 14.8 Å².